The third-order valence-corrected chi connectivity index (χ3v) is 6.98. The van der Waals surface area contributed by atoms with Crippen LogP contribution in [0.1, 0.15) is 49.6 Å². The zero-order chi connectivity index (χ0) is 21.8. The Morgan fingerprint density at radius 2 is 2.00 bits per heavy atom. The molecule has 1 saturated heterocycles. The highest BCUT2D eigenvalue weighted by Crippen LogP contribution is 2.35. The zero-order valence-corrected chi connectivity index (χ0v) is 19.7. The minimum Gasteiger partial charge on any atom is -0.342 e. The fourth-order valence-electron chi connectivity index (χ4n) is 4.50. The van der Waals surface area contributed by atoms with Gasteiger partial charge in [0.2, 0.25) is 5.91 Å². The van der Waals surface area contributed by atoms with Crippen LogP contribution in [0.4, 0.5) is 4.39 Å². The molecule has 30 heavy (non-hydrogen) atoms. The lowest BCUT2D eigenvalue weighted by Gasteiger charge is -2.31. The molecule has 5 heteroatoms. The number of amides is 1. The average Bonchev–Trinajstić information content (AvgIpc) is 3.26. The molecule has 0 aliphatic carbocycles. The molecule has 1 aliphatic heterocycles. The topological polar surface area (TPSA) is 23.6 Å². The van der Waals surface area contributed by atoms with E-state index < -0.39 is 0 Å². The maximum atomic E-state index is 14.0. The second-order valence-electron chi connectivity index (χ2n) is 9.43. The van der Waals surface area contributed by atoms with Crippen molar-refractivity contribution < 1.29 is 9.18 Å². The minimum absolute atomic E-state index is 0.0114. The lowest BCUT2D eigenvalue weighted by molar-refractivity contribution is -0.135. The van der Waals surface area contributed by atoms with Gasteiger partial charge in [-0.2, -0.15) is 0 Å². The highest BCUT2D eigenvalue weighted by Gasteiger charge is 2.36. The number of thiophene rings is 1. The fraction of sp³-hybridized carbons (Fsp3) is 0.560. The SMILES string of the molecule is Cc1ccsc1CN1C[C@H](CN(CC(C)C)C(=O)C(C)C)[C@H](c2cccc(F)c2)C1. The quantitative estimate of drug-likeness (QED) is 0.548. The van der Waals surface area contributed by atoms with Crippen LogP contribution in [-0.4, -0.2) is 41.9 Å². The molecule has 3 rings (SSSR count). The first kappa shape index (κ1) is 23.0. The summed E-state index contributed by atoms with van der Waals surface area (Å²) in [5, 5.41) is 2.15. The van der Waals surface area contributed by atoms with Crippen molar-refractivity contribution in [3.05, 3.63) is 57.5 Å². The Labute approximate surface area is 184 Å². The summed E-state index contributed by atoms with van der Waals surface area (Å²) in [4.78, 5) is 18.8. The van der Waals surface area contributed by atoms with Gasteiger partial charge in [-0.25, -0.2) is 4.39 Å². The Kier molecular flexibility index (Phi) is 7.70. The van der Waals surface area contributed by atoms with Gasteiger partial charge in [0.05, 0.1) is 0 Å². The maximum Gasteiger partial charge on any atom is 0.225 e. The van der Waals surface area contributed by atoms with Crippen LogP contribution in [0.3, 0.4) is 0 Å². The number of carbonyl (C=O) groups is 1. The monoisotopic (exact) mass is 430 g/mol. The summed E-state index contributed by atoms with van der Waals surface area (Å²) in [5.41, 5.74) is 2.38. The van der Waals surface area contributed by atoms with Crippen molar-refractivity contribution in [1.29, 1.82) is 0 Å². The van der Waals surface area contributed by atoms with Gasteiger partial charge < -0.3 is 4.90 Å². The number of nitrogens with zero attached hydrogens (tertiary/aromatic N) is 2. The van der Waals surface area contributed by atoms with Crippen molar-refractivity contribution in [3.63, 3.8) is 0 Å². The molecular formula is C25H35FN2OS. The van der Waals surface area contributed by atoms with Crippen molar-refractivity contribution in [3.8, 4) is 0 Å². The average molecular weight is 431 g/mol. The van der Waals surface area contributed by atoms with Gasteiger partial charge in [-0.1, -0.05) is 39.8 Å². The highest BCUT2D eigenvalue weighted by molar-refractivity contribution is 7.10. The van der Waals surface area contributed by atoms with Gasteiger partial charge in [0, 0.05) is 49.4 Å². The van der Waals surface area contributed by atoms with E-state index >= 15 is 0 Å². The second-order valence-corrected chi connectivity index (χ2v) is 10.4. The van der Waals surface area contributed by atoms with Crippen LogP contribution < -0.4 is 0 Å². The fourth-order valence-corrected chi connectivity index (χ4v) is 5.45. The Morgan fingerprint density at radius 3 is 2.60 bits per heavy atom. The molecule has 1 amide bonds. The second kappa shape index (κ2) is 10.1. The van der Waals surface area contributed by atoms with Gasteiger partial charge in [0.1, 0.15) is 5.82 Å². The van der Waals surface area contributed by atoms with Gasteiger partial charge in [0.25, 0.3) is 0 Å². The Hall–Kier alpha value is -1.72. The lowest BCUT2D eigenvalue weighted by Crippen LogP contribution is -2.41. The van der Waals surface area contributed by atoms with Gasteiger partial charge >= 0.3 is 0 Å². The third kappa shape index (κ3) is 5.70. The highest BCUT2D eigenvalue weighted by atomic mass is 32.1. The van der Waals surface area contributed by atoms with Crippen molar-refractivity contribution in [2.45, 2.75) is 47.1 Å². The number of carbonyl (C=O) groups excluding carboxylic acids is 1. The largest absolute Gasteiger partial charge is 0.342 e. The van der Waals surface area contributed by atoms with E-state index in [0.717, 1.165) is 38.3 Å². The summed E-state index contributed by atoms with van der Waals surface area (Å²) >= 11 is 1.80. The maximum absolute atomic E-state index is 14.0. The molecule has 2 atom stereocenters. The van der Waals surface area contributed by atoms with Crippen LogP contribution in [0.5, 0.6) is 0 Å². The number of hydrogen-bond acceptors (Lipinski definition) is 3. The predicted octanol–water partition coefficient (Wildman–Crippen LogP) is 5.55. The summed E-state index contributed by atoms with van der Waals surface area (Å²) < 4.78 is 14.0. The Morgan fingerprint density at radius 1 is 1.23 bits per heavy atom. The molecule has 1 aromatic heterocycles. The zero-order valence-electron chi connectivity index (χ0n) is 18.9. The Bertz CT molecular complexity index is 847. The molecule has 164 valence electrons. The van der Waals surface area contributed by atoms with Gasteiger partial charge in [-0.05, 0) is 53.5 Å². The van der Waals surface area contributed by atoms with Crippen LogP contribution in [0.25, 0.3) is 0 Å². The molecule has 3 nitrogen and oxygen atoms in total. The first-order chi connectivity index (χ1) is 14.2. The molecule has 0 N–H and O–H groups in total. The standard InChI is InChI=1S/C25H35FN2OS/c1-17(2)12-28(25(29)18(3)4)14-21-13-27(16-24-19(5)9-10-30-24)15-23(21)20-7-6-8-22(26)11-20/h6-11,17-18,21,23H,12-16H2,1-5H3/t21-,23+/m1/s1. The van der Waals surface area contributed by atoms with Crippen LogP contribution >= 0.6 is 11.3 Å². The molecule has 0 saturated carbocycles. The van der Waals surface area contributed by atoms with Crippen LogP contribution in [0.2, 0.25) is 0 Å². The van der Waals surface area contributed by atoms with E-state index in [1.165, 1.54) is 16.5 Å². The van der Waals surface area contributed by atoms with Crippen LogP contribution in [0, 0.1) is 30.5 Å². The van der Waals surface area contributed by atoms with E-state index in [4.69, 9.17) is 0 Å². The van der Waals surface area contributed by atoms with E-state index in [2.05, 4.69) is 37.1 Å². The normalized spacial score (nSPS) is 19.7. The number of halogens is 1. The molecule has 0 bridgehead atoms. The summed E-state index contributed by atoms with van der Waals surface area (Å²) in [7, 11) is 0. The van der Waals surface area contributed by atoms with E-state index in [9.17, 15) is 9.18 Å². The molecule has 1 aliphatic rings. The smallest absolute Gasteiger partial charge is 0.225 e. The van der Waals surface area contributed by atoms with Crippen LogP contribution in [-0.2, 0) is 11.3 Å². The summed E-state index contributed by atoms with van der Waals surface area (Å²) in [5.74, 6) is 0.976. The van der Waals surface area contributed by atoms with E-state index in [1.54, 1.807) is 23.5 Å². The summed E-state index contributed by atoms with van der Waals surface area (Å²) in [6, 6.07) is 9.20. The third-order valence-electron chi connectivity index (χ3n) is 5.97. The van der Waals surface area contributed by atoms with Gasteiger partial charge in [0.15, 0.2) is 0 Å². The molecule has 2 aromatic rings. The number of hydrogen-bond donors (Lipinski definition) is 0. The van der Waals surface area contributed by atoms with E-state index in [-0.39, 0.29) is 23.6 Å². The molecule has 0 spiro atoms. The number of aryl methyl sites for hydroxylation is 1. The van der Waals surface area contributed by atoms with E-state index in [1.807, 2.05) is 24.8 Å². The lowest BCUT2D eigenvalue weighted by atomic mass is 9.88. The predicted molar refractivity (Wildman–Crippen MR) is 123 cm³/mol. The number of likely N-dealkylation sites (tertiary alicyclic amines) is 1. The van der Waals surface area contributed by atoms with Gasteiger partial charge in [-0.3, -0.25) is 9.69 Å². The van der Waals surface area contributed by atoms with Crippen molar-refractivity contribution in [2.24, 2.45) is 17.8 Å². The molecule has 0 unspecified atom stereocenters. The van der Waals surface area contributed by atoms with Crippen molar-refractivity contribution >= 4 is 17.2 Å². The number of rotatable bonds is 8. The minimum atomic E-state index is -0.184. The van der Waals surface area contributed by atoms with Crippen molar-refractivity contribution in [1.82, 2.24) is 9.80 Å². The molecule has 2 heterocycles. The van der Waals surface area contributed by atoms with E-state index in [0.29, 0.717) is 11.8 Å². The van der Waals surface area contributed by atoms with Crippen LogP contribution in [0.15, 0.2) is 35.7 Å². The Balaban J connectivity index is 1.83. The molecule has 1 aromatic carbocycles. The van der Waals surface area contributed by atoms with Crippen molar-refractivity contribution in [2.75, 3.05) is 26.2 Å². The molecular weight excluding hydrogens is 395 g/mol. The first-order valence-electron chi connectivity index (χ1n) is 11.0. The van der Waals surface area contributed by atoms with Gasteiger partial charge in [-0.15, -0.1) is 11.3 Å². The first-order valence-corrected chi connectivity index (χ1v) is 11.9. The molecule has 1 fully saturated rings. The summed E-state index contributed by atoms with van der Waals surface area (Å²) in [6.45, 7) is 14.7. The molecule has 0 radical (unpaired) electrons. The summed E-state index contributed by atoms with van der Waals surface area (Å²) in [6.07, 6.45) is 0. The number of benzene rings is 1.